The summed E-state index contributed by atoms with van der Waals surface area (Å²) in [6, 6.07) is 32.7. The molecular weight excluding hydrogens is 751 g/mol. The number of carbonyl (C=O) groups is 4. The third-order valence-electron chi connectivity index (χ3n) is 10.8. The van der Waals surface area contributed by atoms with Crippen LogP contribution in [0.25, 0.3) is 22.0 Å². The van der Waals surface area contributed by atoms with E-state index >= 15 is 0 Å². The molecule has 1 fully saturated rings. The van der Waals surface area contributed by atoms with Crippen LogP contribution in [0.1, 0.15) is 66.6 Å². The number of aryl methyl sites for hydroxylation is 1. The predicted molar refractivity (Wildman–Crippen MR) is 221 cm³/mol. The molecule has 59 heavy (non-hydrogen) atoms. The molecule has 4 aromatic carbocycles. The largest absolute Gasteiger partial charge is 0.458 e. The van der Waals surface area contributed by atoms with Gasteiger partial charge in [-0.1, -0.05) is 97.1 Å². The zero-order valence-corrected chi connectivity index (χ0v) is 33.6. The molecule has 1 aliphatic heterocycles. The molecule has 2 aliphatic rings. The second-order valence-electron chi connectivity index (χ2n) is 15.0. The number of H-pyrrole nitrogens is 1. The number of amides is 2. The fraction of sp³-hybridized carbons (Fsp3) is 0.319. The van der Waals surface area contributed by atoms with Crippen LogP contribution in [0.2, 0.25) is 0 Å². The molecule has 7 rings (SSSR count). The Morgan fingerprint density at radius 3 is 2.19 bits per heavy atom. The topological polar surface area (TPSA) is 145 Å². The number of para-hydroxylation sites is 1. The molecule has 0 spiro atoms. The number of nitrogens with one attached hydrogen (secondary N) is 2. The minimum atomic E-state index is -0.926. The first-order valence-electron chi connectivity index (χ1n) is 19.9. The van der Waals surface area contributed by atoms with Gasteiger partial charge in [-0.05, 0) is 71.7 Å². The molecule has 1 aromatic heterocycles. The first-order chi connectivity index (χ1) is 28.5. The third kappa shape index (κ3) is 9.90. The van der Waals surface area contributed by atoms with E-state index in [9.17, 15) is 19.2 Å². The summed E-state index contributed by atoms with van der Waals surface area (Å²) >= 11 is 0. The highest BCUT2D eigenvalue weighted by Gasteiger charge is 2.41. The summed E-state index contributed by atoms with van der Waals surface area (Å²) in [7, 11) is 0. The molecule has 5 aromatic rings. The van der Waals surface area contributed by atoms with Crippen LogP contribution in [0.3, 0.4) is 0 Å². The van der Waals surface area contributed by atoms with E-state index in [1.807, 2.05) is 60.7 Å². The maximum atomic E-state index is 14.0. The lowest BCUT2D eigenvalue weighted by molar-refractivity contribution is -0.269. The van der Waals surface area contributed by atoms with E-state index in [0.29, 0.717) is 25.9 Å². The smallest absolute Gasteiger partial charge is 0.410 e. The van der Waals surface area contributed by atoms with E-state index in [1.165, 1.54) is 36.6 Å². The van der Waals surface area contributed by atoms with Crippen molar-refractivity contribution in [3.8, 4) is 11.1 Å². The van der Waals surface area contributed by atoms with E-state index < -0.39 is 42.4 Å². The average Bonchev–Trinajstić information content (AvgIpc) is 3.72. The third-order valence-corrected chi connectivity index (χ3v) is 10.8. The number of rotatable bonds is 14. The zero-order chi connectivity index (χ0) is 41.5. The van der Waals surface area contributed by atoms with Crippen LogP contribution in [0, 0.1) is 6.92 Å². The summed E-state index contributed by atoms with van der Waals surface area (Å²) < 4.78 is 22.5. The number of nitrogens with zero attached hydrogens (tertiary/aromatic N) is 1. The molecule has 2 N–H and O–H groups in total. The Morgan fingerprint density at radius 2 is 1.49 bits per heavy atom. The van der Waals surface area contributed by atoms with E-state index in [1.54, 1.807) is 17.9 Å². The quantitative estimate of drug-likeness (QED) is 0.0502. The first-order valence-corrected chi connectivity index (χ1v) is 19.9. The Morgan fingerprint density at radius 1 is 0.847 bits per heavy atom. The molecule has 4 atom stereocenters. The molecule has 12 heteroatoms. The van der Waals surface area contributed by atoms with Gasteiger partial charge in [0.25, 0.3) is 5.91 Å². The number of esters is 2. The Kier molecular flexibility index (Phi) is 12.9. The standard InChI is InChI=1S/C47H49N3O9/c1-29-35(40-17-9-10-18-42(40)48-29)24-25-50(47(54)55-28-41-38-15-7-5-13-36(38)37-14-6-8-16-39(37)41)27-34-22-20-33(21-23-34)12-11-19-44(53)49-59-45-26-43(57-31(3)51)46(30(2)56-45)58-32(4)52/h5-11,13-23,30,41,43,45-46,48H,12,24-28H2,1-4H3,(H,49,53)/b19-11+/t30-,43-,45-,46+/m0/s1. The minimum Gasteiger partial charge on any atom is -0.458 e. The number of benzene rings is 4. The van der Waals surface area contributed by atoms with E-state index in [0.717, 1.165) is 38.9 Å². The van der Waals surface area contributed by atoms with Crippen molar-refractivity contribution in [1.29, 1.82) is 0 Å². The van der Waals surface area contributed by atoms with Gasteiger partial charge >= 0.3 is 18.0 Å². The maximum Gasteiger partial charge on any atom is 0.410 e. The Labute approximate surface area is 343 Å². The number of hydroxylamine groups is 1. The fourth-order valence-corrected chi connectivity index (χ4v) is 8.05. The van der Waals surface area contributed by atoms with Crippen LogP contribution in [0.4, 0.5) is 4.79 Å². The Balaban J connectivity index is 0.963. The molecule has 2 amide bonds. The summed E-state index contributed by atoms with van der Waals surface area (Å²) in [4.78, 5) is 60.5. The van der Waals surface area contributed by atoms with Crippen molar-refractivity contribution in [2.75, 3.05) is 13.2 Å². The van der Waals surface area contributed by atoms with Gasteiger partial charge in [-0.15, -0.1) is 0 Å². The van der Waals surface area contributed by atoms with Gasteiger partial charge in [-0.2, -0.15) is 0 Å². The van der Waals surface area contributed by atoms with Gasteiger partial charge in [0.1, 0.15) is 12.7 Å². The molecule has 0 saturated carbocycles. The maximum absolute atomic E-state index is 14.0. The van der Waals surface area contributed by atoms with Gasteiger partial charge < -0.3 is 28.8 Å². The van der Waals surface area contributed by atoms with Gasteiger partial charge in [0, 0.05) is 61.9 Å². The van der Waals surface area contributed by atoms with Crippen LogP contribution in [-0.2, 0) is 57.6 Å². The fourth-order valence-electron chi connectivity index (χ4n) is 8.05. The van der Waals surface area contributed by atoms with Crippen LogP contribution in [0.5, 0.6) is 0 Å². The minimum absolute atomic E-state index is 0.0458. The van der Waals surface area contributed by atoms with E-state index in [4.69, 9.17) is 23.8 Å². The number of aromatic amines is 1. The average molecular weight is 800 g/mol. The van der Waals surface area contributed by atoms with Crippen LogP contribution < -0.4 is 5.48 Å². The number of hydrogen-bond acceptors (Lipinski definition) is 9. The van der Waals surface area contributed by atoms with Gasteiger partial charge in [0.2, 0.25) is 0 Å². The lowest BCUT2D eigenvalue weighted by atomic mass is 9.98. The molecular formula is C47H49N3O9. The molecule has 12 nitrogen and oxygen atoms in total. The van der Waals surface area contributed by atoms with E-state index in [2.05, 4.69) is 53.8 Å². The number of hydrogen-bond donors (Lipinski definition) is 2. The summed E-state index contributed by atoms with van der Waals surface area (Å²) in [5.41, 5.74) is 12.3. The van der Waals surface area contributed by atoms with Crippen molar-refractivity contribution in [3.05, 3.63) is 143 Å². The molecule has 0 radical (unpaired) electrons. The van der Waals surface area contributed by atoms with Crippen molar-refractivity contribution >= 4 is 34.8 Å². The van der Waals surface area contributed by atoms with Gasteiger partial charge in [0.05, 0.1) is 6.10 Å². The zero-order valence-electron chi connectivity index (χ0n) is 33.6. The number of aromatic nitrogens is 1. The number of allylic oxidation sites excluding steroid dienone is 1. The molecule has 306 valence electrons. The van der Waals surface area contributed by atoms with Crippen molar-refractivity contribution in [1.82, 2.24) is 15.4 Å². The van der Waals surface area contributed by atoms with Crippen molar-refractivity contribution in [2.45, 2.75) is 84.0 Å². The summed E-state index contributed by atoms with van der Waals surface area (Å²) in [5, 5.41) is 1.15. The van der Waals surface area contributed by atoms with Crippen molar-refractivity contribution in [3.63, 3.8) is 0 Å². The normalized spacial score (nSPS) is 18.6. The second-order valence-corrected chi connectivity index (χ2v) is 15.0. The number of ether oxygens (including phenoxy) is 4. The second kappa shape index (κ2) is 18.6. The van der Waals surface area contributed by atoms with Crippen LogP contribution >= 0.6 is 0 Å². The van der Waals surface area contributed by atoms with E-state index in [-0.39, 0.29) is 25.0 Å². The molecule has 0 bridgehead atoms. The van der Waals surface area contributed by atoms with Gasteiger partial charge in [0.15, 0.2) is 12.4 Å². The monoisotopic (exact) mass is 799 g/mol. The number of fused-ring (bicyclic) bond motifs is 4. The molecule has 0 unspecified atom stereocenters. The van der Waals surface area contributed by atoms with Crippen molar-refractivity contribution in [2.24, 2.45) is 0 Å². The Hall–Kier alpha value is -6.24. The lowest BCUT2D eigenvalue weighted by Crippen LogP contribution is -2.52. The highest BCUT2D eigenvalue weighted by atomic mass is 16.8. The highest BCUT2D eigenvalue weighted by molar-refractivity contribution is 5.86. The first kappa shape index (κ1) is 40.9. The van der Waals surface area contributed by atoms with Crippen LogP contribution in [0.15, 0.2) is 109 Å². The molecule has 1 aliphatic carbocycles. The molecule has 2 heterocycles. The SMILES string of the molecule is CC(=O)O[C@@H]1[C@H](C)O[C@@H](ONC(=O)/C=C/Cc2ccc(CN(CCc3c(C)[nH]c4ccccc34)C(=O)OCC3c4ccccc4-c4ccccc43)cc2)C[C@@H]1OC(C)=O. The van der Waals surface area contributed by atoms with Crippen LogP contribution in [-0.4, -0.2) is 71.6 Å². The summed E-state index contributed by atoms with van der Waals surface area (Å²) in [5.74, 6) is -1.62. The van der Waals surface area contributed by atoms with Gasteiger partial charge in [-0.3, -0.25) is 14.4 Å². The van der Waals surface area contributed by atoms with Crippen molar-refractivity contribution < 1.29 is 43.0 Å². The lowest BCUT2D eigenvalue weighted by Gasteiger charge is -2.38. The predicted octanol–water partition coefficient (Wildman–Crippen LogP) is 7.61. The van der Waals surface area contributed by atoms with Gasteiger partial charge in [-0.25, -0.2) is 15.1 Å². The summed E-state index contributed by atoms with van der Waals surface area (Å²) in [6.07, 6.45) is 0.710. The molecule has 1 saturated heterocycles. The highest BCUT2D eigenvalue weighted by Crippen LogP contribution is 2.44. The Bertz CT molecular complexity index is 2290. The summed E-state index contributed by atoms with van der Waals surface area (Å²) in [6.45, 7) is 7.30. The number of carbonyl (C=O) groups excluding carboxylic acids is 4.